The van der Waals surface area contributed by atoms with Crippen LogP contribution in [0.5, 0.6) is 0 Å². The largest absolute Gasteiger partial charge is 0.460 e. The molecule has 0 atom stereocenters. The van der Waals surface area contributed by atoms with Crippen molar-refractivity contribution in [1.82, 2.24) is 0 Å². The summed E-state index contributed by atoms with van der Waals surface area (Å²) in [5, 5.41) is 3.71. The van der Waals surface area contributed by atoms with E-state index in [9.17, 15) is 13.6 Å². The third-order valence-electron chi connectivity index (χ3n) is 1.89. The van der Waals surface area contributed by atoms with Crippen molar-refractivity contribution in [2.24, 2.45) is 5.10 Å². The van der Waals surface area contributed by atoms with Gasteiger partial charge in [0.15, 0.2) is 11.6 Å². The Balaban J connectivity index is 2.51. The Morgan fingerprint density at radius 2 is 2.17 bits per heavy atom. The van der Waals surface area contributed by atoms with Gasteiger partial charge in [-0.3, -0.25) is 10.2 Å². The molecule has 0 spiro atoms. The highest BCUT2D eigenvalue weighted by Gasteiger charge is 2.06. The number of benzene rings is 1. The molecule has 0 unspecified atom stereocenters. The van der Waals surface area contributed by atoms with Crippen LogP contribution in [0.15, 0.2) is 21.7 Å². The maximum atomic E-state index is 12.9. The van der Waals surface area contributed by atoms with E-state index in [-0.39, 0.29) is 24.7 Å². The molecule has 1 rings (SSSR count). The molecule has 1 aromatic carbocycles. The molecular weight excluding hydrogens is 310 g/mol. The van der Waals surface area contributed by atoms with Gasteiger partial charge in [-0.1, -0.05) is 6.92 Å². The van der Waals surface area contributed by atoms with Crippen molar-refractivity contribution >= 4 is 33.8 Å². The number of rotatable bonds is 5. The molecule has 0 aliphatic heterocycles. The third kappa shape index (κ3) is 4.40. The molecule has 0 aromatic heterocycles. The maximum absolute atomic E-state index is 12.9. The first-order valence-electron chi connectivity index (χ1n) is 5.12. The van der Waals surface area contributed by atoms with Gasteiger partial charge in [0.1, 0.15) is 6.61 Å². The molecule has 0 saturated heterocycles. The minimum atomic E-state index is -0.978. The molecule has 7 heteroatoms. The second-order valence-corrected chi connectivity index (χ2v) is 4.06. The zero-order chi connectivity index (χ0) is 13.5. The number of halogens is 3. The van der Waals surface area contributed by atoms with Gasteiger partial charge in [-0.15, -0.1) is 0 Å². The Bertz CT molecular complexity index is 467. The van der Waals surface area contributed by atoms with Gasteiger partial charge in [0.25, 0.3) is 0 Å². The Morgan fingerprint density at radius 3 is 2.83 bits per heavy atom. The van der Waals surface area contributed by atoms with Crippen molar-refractivity contribution < 1.29 is 18.3 Å². The minimum Gasteiger partial charge on any atom is -0.460 e. The summed E-state index contributed by atoms with van der Waals surface area (Å²) in [6, 6.07) is 1.96. The maximum Gasteiger partial charge on any atom is 0.305 e. The van der Waals surface area contributed by atoms with Crippen molar-refractivity contribution in [3.8, 4) is 0 Å². The minimum absolute atomic E-state index is 0.0149. The van der Waals surface area contributed by atoms with Gasteiger partial charge in [0.05, 0.1) is 11.9 Å². The number of hydrazone groups is 1. The highest BCUT2D eigenvalue weighted by atomic mass is 79.9. The Hall–Kier alpha value is -1.50. The highest BCUT2D eigenvalue weighted by Crippen LogP contribution is 2.25. The summed E-state index contributed by atoms with van der Waals surface area (Å²) in [6.45, 7) is 1.69. The molecule has 98 valence electrons. The number of nitrogens with zero attached hydrogens (tertiary/aromatic N) is 1. The number of esters is 1. The van der Waals surface area contributed by atoms with Crippen LogP contribution in [-0.4, -0.2) is 18.8 Å². The third-order valence-corrected chi connectivity index (χ3v) is 2.55. The summed E-state index contributed by atoms with van der Waals surface area (Å²) in [6.07, 6.45) is 1.59. The second kappa shape index (κ2) is 7.05. The first kappa shape index (κ1) is 14.6. The molecule has 4 nitrogen and oxygen atoms in total. The average Bonchev–Trinajstić information content (AvgIpc) is 2.34. The normalized spacial score (nSPS) is 10.7. The quantitative estimate of drug-likeness (QED) is 0.392. The molecular formula is C11H11BrF2N2O2. The van der Waals surface area contributed by atoms with E-state index < -0.39 is 11.6 Å². The molecule has 1 aromatic rings. The first-order chi connectivity index (χ1) is 8.54. The van der Waals surface area contributed by atoms with Crippen LogP contribution in [0.1, 0.15) is 13.3 Å². The van der Waals surface area contributed by atoms with Crippen LogP contribution in [0.2, 0.25) is 0 Å². The molecule has 0 amide bonds. The molecule has 1 N–H and O–H groups in total. The number of anilines is 1. The lowest BCUT2D eigenvalue weighted by Gasteiger charge is -2.04. The summed E-state index contributed by atoms with van der Waals surface area (Å²) in [5.74, 6) is -2.27. The Morgan fingerprint density at radius 1 is 1.50 bits per heavy atom. The lowest BCUT2D eigenvalue weighted by atomic mass is 10.3. The van der Waals surface area contributed by atoms with E-state index in [2.05, 4.69) is 26.5 Å². The molecule has 0 heterocycles. The van der Waals surface area contributed by atoms with Crippen LogP contribution < -0.4 is 5.43 Å². The predicted octanol–water partition coefficient (Wildman–Crippen LogP) is 3.08. The van der Waals surface area contributed by atoms with E-state index >= 15 is 0 Å². The fourth-order valence-corrected chi connectivity index (χ4v) is 1.40. The number of ether oxygens (including phenoxy) is 1. The van der Waals surface area contributed by atoms with Gasteiger partial charge in [-0.2, -0.15) is 5.10 Å². The molecule has 0 fully saturated rings. The number of carbonyl (C=O) groups excluding carboxylic acids is 1. The van der Waals surface area contributed by atoms with Crippen molar-refractivity contribution in [2.45, 2.75) is 13.3 Å². The van der Waals surface area contributed by atoms with Crippen molar-refractivity contribution in [3.05, 3.63) is 28.2 Å². The van der Waals surface area contributed by atoms with Gasteiger partial charge in [-0.05, 0) is 22.0 Å². The van der Waals surface area contributed by atoms with Crippen molar-refractivity contribution in [2.75, 3.05) is 12.0 Å². The zero-order valence-corrected chi connectivity index (χ0v) is 11.1. The van der Waals surface area contributed by atoms with Crippen LogP contribution in [0.3, 0.4) is 0 Å². The second-order valence-electron chi connectivity index (χ2n) is 3.21. The average molecular weight is 321 g/mol. The summed E-state index contributed by atoms with van der Waals surface area (Å²) in [5.41, 5.74) is 2.77. The smallest absolute Gasteiger partial charge is 0.305 e. The number of nitrogens with one attached hydrogen (secondary N) is 1. The van der Waals surface area contributed by atoms with E-state index in [1.807, 2.05) is 0 Å². The monoisotopic (exact) mass is 320 g/mol. The summed E-state index contributed by atoms with van der Waals surface area (Å²) in [7, 11) is 0. The molecule has 0 saturated carbocycles. The van der Waals surface area contributed by atoms with E-state index in [0.717, 1.165) is 12.1 Å². The molecule has 18 heavy (non-hydrogen) atoms. The molecule has 0 bridgehead atoms. The van der Waals surface area contributed by atoms with Gasteiger partial charge >= 0.3 is 5.97 Å². The number of hydrogen-bond donors (Lipinski definition) is 1. The van der Waals surface area contributed by atoms with Gasteiger partial charge < -0.3 is 4.74 Å². The molecule has 0 aliphatic carbocycles. The van der Waals surface area contributed by atoms with Crippen LogP contribution in [0, 0.1) is 11.6 Å². The summed E-state index contributed by atoms with van der Waals surface area (Å²) >= 11 is 3.06. The molecule has 0 aliphatic rings. The summed E-state index contributed by atoms with van der Waals surface area (Å²) in [4.78, 5) is 10.8. The van der Waals surface area contributed by atoms with Gasteiger partial charge in [-0.25, -0.2) is 8.78 Å². The van der Waals surface area contributed by atoms with Crippen LogP contribution in [0.25, 0.3) is 0 Å². The zero-order valence-electron chi connectivity index (χ0n) is 9.54. The fraction of sp³-hybridized carbons (Fsp3) is 0.273. The van der Waals surface area contributed by atoms with E-state index in [1.54, 1.807) is 6.92 Å². The Labute approximate surface area is 111 Å². The number of hydrogen-bond acceptors (Lipinski definition) is 4. The van der Waals surface area contributed by atoms with Gasteiger partial charge in [0.2, 0.25) is 0 Å². The van der Waals surface area contributed by atoms with E-state index in [1.165, 1.54) is 6.21 Å². The van der Waals surface area contributed by atoms with Crippen LogP contribution in [0.4, 0.5) is 14.5 Å². The van der Waals surface area contributed by atoms with Crippen LogP contribution >= 0.6 is 15.9 Å². The summed E-state index contributed by atoms with van der Waals surface area (Å²) < 4.78 is 30.8. The Kier molecular flexibility index (Phi) is 5.70. The van der Waals surface area contributed by atoms with Crippen molar-refractivity contribution in [1.29, 1.82) is 0 Å². The lowest BCUT2D eigenvalue weighted by molar-refractivity contribution is -0.141. The highest BCUT2D eigenvalue weighted by molar-refractivity contribution is 9.10. The first-order valence-corrected chi connectivity index (χ1v) is 5.91. The van der Waals surface area contributed by atoms with E-state index in [0.29, 0.717) is 4.47 Å². The van der Waals surface area contributed by atoms with E-state index in [4.69, 9.17) is 4.74 Å². The number of carbonyl (C=O) groups is 1. The van der Waals surface area contributed by atoms with Gasteiger partial charge in [0, 0.05) is 17.0 Å². The fourth-order valence-electron chi connectivity index (χ4n) is 0.993. The molecule has 0 radical (unpaired) electrons. The standard InChI is InChI=1S/C11H11BrF2N2O2/c1-2-11(17)18-4-3-15-16-10-6-9(14)8(13)5-7(10)12/h3,5-6,16H,2,4H2,1H3. The SMILES string of the molecule is CCC(=O)OCC=NNc1cc(F)c(F)cc1Br. The topological polar surface area (TPSA) is 50.7 Å². The van der Waals surface area contributed by atoms with Crippen molar-refractivity contribution in [3.63, 3.8) is 0 Å². The predicted molar refractivity (Wildman–Crippen MR) is 67.4 cm³/mol. The lowest BCUT2D eigenvalue weighted by Crippen LogP contribution is -2.05. The van der Waals surface area contributed by atoms with Crippen LogP contribution in [-0.2, 0) is 9.53 Å².